The molecule has 0 spiro atoms. The normalized spacial score (nSPS) is 35.0. The van der Waals surface area contributed by atoms with Gasteiger partial charge in [0.25, 0.3) is 0 Å². The smallest absolute Gasteiger partial charge is 0.477 e. The summed E-state index contributed by atoms with van der Waals surface area (Å²) in [5.74, 6) is -5.30. The van der Waals surface area contributed by atoms with Crippen molar-refractivity contribution >= 4 is 40.8 Å². The van der Waals surface area contributed by atoms with E-state index in [2.05, 4.69) is 15.7 Å². The van der Waals surface area contributed by atoms with Crippen LogP contribution < -0.4 is 21.1 Å². The SMILES string of the molecule is CC[C@H]1OC(=O)[C@H](C)[C@@H](OC(=O)NCCCCN2CCN(c3cc4c(cc3F)c(=O)c(C(=O)O)cn4C3CC3)CC2)[C@H](C)[C@@H](O[C@@H]2O[C@H](C)C[C@H](N(C)C)[C@H]2O)[C@](C)(OC)C[C@@H](C)C(NOC)[C@H](C)[C@H]2OC(=O)O[C@@]21C. The summed E-state index contributed by atoms with van der Waals surface area (Å²) >= 11 is 0. The van der Waals surface area contributed by atoms with E-state index in [1.165, 1.54) is 19.4 Å². The number of carbonyl (C=O) groups excluding carboxylic acids is 3. The fraction of sp³-hybridized carbons (Fsp3) is 0.759. The lowest BCUT2D eigenvalue weighted by Gasteiger charge is -2.49. The number of pyridine rings is 1. The van der Waals surface area contributed by atoms with Crippen molar-refractivity contribution in [3.8, 4) is 0 Å². The van der Waals surface area contributed by atoms with Gasteiger partial charge in [-0.2, -0.15) is 5.48 Å². The number of amides is 1. The van der Waals surface area contributed by atoms with Crippen LogP contribution in [0, 0.1) is 29.5 Å². The van der Waals surface area contributed by atoms with Crippen LogP contribution in [0.4, 0.5) is 19.7 Å². The van der Waals surface area contributed by atoms with Gasteiger partial charge in [-0.1, -0.05) is 27.7 Å². The van der Waals surface area contributed by atoms with Crippen molar-refractivity contribution in [1.29, 1.82) is 0 Å². The lowest BCUT2D eigenvalue weighted by Crippen LogP contribution is -2.61. The molecule has 0 bridgehead atoms. The molecule has 1 saturated carbocycles. The van der Waals surface area contributed by atoms with Gasteiger partial charge in [-0.15, -0.1) is 0 Å². The number of carboxylic acids is 1. The van der Waals surface area contributed by atoms with Crippen LogP contribution in [0.15, 0.2) is 23.1 Å². The molecule has 21 nitrogen and oxygen atoms in total. The Morgan fingerprint density at radius 3 is 2.29 bits per heavy atom. The lowest BCUT2D eigenvalue weighted by molar-refractivity contribution is -0.301. The monoisotopic (exact) mass is 1070 g/mol. The minimum absolute atomic E-state index is 0.0558. The molecular formula is C54H83FN6O15. The molecule has 1 unspecified atom stereocenters. The van der Waals surface area contributed by atoms with E-state index in [0.29, 0.717) is 69.6 Å². The third-order valence-corrected chi connectivity index (χ3v) is 16.9. The number of hydrogen-bond acceptors (Lipinski definition) is 18. The van der Waals surface area contributed by atoms with Crippen LogP contribution >= 0.6 is 0 Å². The van der Waals surface area contributed by atoms with E-state index in [-0.39, 0.29) is 48.0 Å². The minimum atomic E-state index is -1.41. The van der Waals surface area contributed by atoms with Crippen LogP contribution in [-0.2, 0) is 42.8 Å². The maximum absolute atomic E-state index is 15.7. The Bertz CT molecular complexity index is 2440. The quantitative estimate of drug-likeness (QED) is 0.0706. The molecule has 1 aromatic heterocycles. The number of hydrogen-bond donors (Lipinski definition) is 4. The number of methoxy groups -OCH3 is 1. The number of nitrogens with one attached hydrogen (secondary N) is 2. The van der Waals surface area contributed by atoms with Crippen LogP contribution in [0.3, 0.4) is 0 Å². The third kappa shape index (κ3) is 12.6. The van der Waals surface area contributed by atoms with E-state index in [9.17, 15) is 34.2 Å². The second kappa shape index (κ2) is 24.6. The van der Waals surface area contributed by atoms with Crippen LogP contribution in [0.1, 0.15) is 117 Å². The number of aliphatic hydroxyl groups excluding tert-OH is 1. The molecule has 4 saturated heterocycles. The van der Waals surface area contributed by atoms with Gasteiger partial charge in [-0.05, 0) is 111 Å². The number of ether oxygens (including phenoxy) is 7. The zero-order valence-electron chi connectivity index (χ0n) is 46.4. The summed E-state index contributed by atoms with van der Waals surface area (Å²) in [7, 11) is 6.82. The zero-order valence-corrected chi connectivity index (χ0v) is 46.4. The number of aliphatic hydroxyl groups is 1. The Balaban J connectivity index is 1.06. The molecule has 5 aliphatic rings. The van der Waals surface area contributed by atoms with Gasteiger partial charge in [0.2, 0.25) is 5.43 Å². The standard InChI is InChI=1S/C54H83FN6O15/c1-13-41-54(8)47(75-52(68)76-54)31(4)42(57-70-12)29(2)27-53(7,69-11)46(74-50-44(63)40(58(9)10)24-30(3)71-50)32(5)45(33(6)49(66)72-41)73-51(67)56-18-14-15-19-59-20-22-60(23-21-59)39-26-38-35(25-37(39)55)43(62)36(48(64)65)28-61(38)34-16-17-34/h25-26,28-34,40-42,44-47,50,57,63H,13-24,27H2,1-12H3,(H,56,67)(H,64,65)/t29-,30-,31+,32+,33-,40+,41-,42?,44-,45+,46-,47-,50+,53-,54-/m1/s1. The number of anilines is 1. The topological polar surface area (TPSA) is 238 Å². The molecule has 76 heavy (non-hydrogen) atoms. The highest BCUT2D eigenvalue weighted by atomic mass is 19.1. The highest BCUT2D eigenvalue weighted by molar-refractivity contribution is 5.93. The second-order valence-electron chi connectivity index (χ2n) is 22.6. The van der Waals surface area contributed by atoms with E-state index in [4.69, 9.17) is 38.0 Å². The van der Waals surface area contributed by atoms with Crippen molar-refractivity contribution in [2.75, 3.05) is 72.5 Å². The van der Waals surface area contributed by atoms with Gasteiger partial charge < -0.3 is 67.9 Å². The van der Waals surface area contributed by atoms with Gasteiger partial charge in [0.05, 0.1) is 42.0 Å². The summed E-state index contributed by atoms with van der Waals surface area (Å²) < 4.78 is 61.6. The van der Waals surface area contributed by atoms with Gasteiger partial charge in [-0.3, -0.25) is 14.5 Å². The Morgan fingerprint density at radius 1 is 0.974 bits per heavy atom. The Labute approximate surface area is 445 Å². The number of rotatable bonds is 16. The molecule has 2 aromatic rings. The van der Waals surface area contributed by atoms with E-state index in [0.717, 1.165) is 12.8 Å². The predicted octanol–water partition coefficient (Wildman–Crippen LogP) is 5.47. The summed E-state index contributed by atoms with van der Waals surface area (Å²) in [6.07, 6.45) is -2.74. The van der Waals surface area contributed by atoms with Crippen molar-refractivity contribution in [2.45, 2.75) is 173 Å². The molecule has 426 valence electrons. The molecule has 5 heterocycles. The molecule has 22 heteroatoms. The number of unbranched alkanes of at least 4 members (excludes halogenated alkanes) is 1. The highest BCUT2D eigenvalue weighted by Gasteiger charge is 2.59. The number of fused-ring (bicyclic) bond motifs is 2. The third-order valence-electron chi connectivity index (χ3n) is 16.9. The molecule has 15 atom stereocenters. The van der Waals surface area contributed by atoms with Gasteiger partial charge in [0.15, 0.2) is 18.0 Å². The van der Waals surface area contributed by atoms with Crippen LogP contribution in [0.2, 0.25) is 0 Å². The van der Waals surface area contributed by atoms with Gasteiger partial charge in [0, 0.05) is 81.4 Å². The number of hydroxylamine groups is 1. The molecule has 1 aromatic carbocycles. The highest BCUT2D eigenvalue weighted by Crippen LogP contribution is 2.44. The van der Waals surface area contributed by atoms with Crippen molar-refractivity contribution in [2.24, 2.45) is 23.7 Å². The fourth-order valence-electron chi connectivity index (χ4n) is 12.4. The number of piperazine rings is 1. The number of likely N-dealkylation sites (N-methyl/N-ethyl adjacent to an activating group) is 1. The molecule has 0 radical (unpaired) electrons. The first kappa shape index (κ1) is 59.0. The second-order valence-corrected chi connectivity index (χ2v) is 22.6. The van der Waals surface area contributed by atoms with Gasteiger partial charge in [0.1, 0.15) is 29.7 Å². The number of alkyl carbamates (subject to hydrolysis) is 1. The lowest BCUT2D eigenvalue weighted by atomic mass is 9.72. The van der Waals surface area contributed by atoms with Crippen LogP contribution in [-0.4, -0.2) is 183 Å². The first-order chi connectivity index (χ1) is 36.0. The zero-order chi connectivity index (χ0) is 55.6. The average molecular weight is 1080 g/mol. The summed E-state index contributed by atoms with van der Waals surface area (Å²) in [5, 5.41) is 24.4. The fourth-order valence-corrected chi connectivity index (χ4v) is 12.4. The van der Waals surface area contributed by atoms with Crippen molar-refractivity contribution in [3.63, 3.8) is 0 Å². The predicted molar refractivity (Wildman–Crippen MR) is 277 cm³/mol. The molecular weight excluding hydrogens is 992 g/mol. The van der Waals surface area contributed by atoms with Crippen molar-refractivity contribution in [3.05, 3.63) is 39.9 Å². The number of esters is 1. The number of halogens is 1. The number of carbonyl (C=O) groups is 4. The average Bonchev–Trinajstić information content (AvgIpc) is 4.18. The van der Waals surface area contributed by atoms with E-state index in [1.807, 2.05) is 65.4 Å². The summed E-state index contributed by atoms with van der Waals surface area (Å²) in [5.41, 5.74) is 0.326. The number of cyclic esters (lactones) is 1. The molecule has 1 amide bonds. The Hall–Kier alpha value is -4.68. The number of aromatic carboxylic acids is 1. The molecule has 5 fully saturated rings. The van der Waals surface area contributed by atoms with Crippen molar-refractivity contribution in [1.82, 2.24) is 25.2 Å². The van der Waals surface area contributed by atoms with Crippen molar-refractivity contribution < 1.29 is 71.8 Å². The number of carboxylic acid groups (broad SMARTS) is 1. The number of nitrogens with zero attached hydrogens (tertiary/aromatic N) is 4. The van der Waals surface area contributed by atoms with Gasteiger partial charge in [-0.25, -0.2) is 18.8 Å². The van der Waals surface area contributed by atoms with Gasteiger partial charge >= 0.3 is 24.2 Å². The maximum Gasteiger partial charge on any atom is 0.509 e. The van der Waals surface area contributed by atoms with E-state index < -0.39 is 107 Å². The maximum atomic E-state index is 15.7. The molecule has 4 N–H and O–H groups in total. The Kier molecular flexibility index (Phi) is 19.1. The minimum Gasteiger partial charge on any atom is -0.477 e. The van der Waals surface area contributed by atoms with Crippen LogP contribution in [0.5, 0.6) is 0 Å². The summed E-state index contributed by atoms with van der Waals surface area (Å²) in [6.45, 7) is 18.0. The molecule has 1 aliphatic carbocycles. The van der Waals surface area contributed by atoms with Crippen LogP contribution in [0.25, 0.3) is 10.9 Å². The Morgan fingerprint density at radius 2 is 1.67 bits per heavy atom. The molecule has 7 rings (SSSR count). The first-order valence-corrected chi connectivity index (χ1v) is 27.1. The first-order valence-electron chi connectivity index (χ1n) is 27.1. The van der Waals surface area contributed by atoms with E-state index >= 15 is 4.39 Å². The number of benzene rings is 1. The summed E-state index contributed by atoms with van der Waals surface area (Å²) in [4.78, 5) is 78.2. The van der Waals surface area contributed by atoms with E-state index in [1.54, 1.807) is 31.6 Å². The summed E-state index contributed by atoms with van der Waals surface area (Å²) in [6, 6.07) is 2.10. The largest absolute Gasteiger partial charge is 0.509 e. The number of aromatic nitrogens is 1. The molecule has 4 aliphatic heterocycles.